The molecule has 1 amide bonds. The third kappa shape index (κ3) is 4.72. The van der Waals surface area contributed by atoms with E-state index in [0.29, 0.717) is 22.9 Å². The van der Waals surface area contributed by atoms with E-state index in [2.05, 4.69) is 28.1 Å². The number of rotatable bonds is 5. The summed E-state index contributed by atoms with van der Waals surface area (Å²) in [6.45, 7) is 2.33. The Morgan fingerprint density at radius 3 is 2.56 bits per heavy atom. The fourth-order valence-electron chi connectivity index (χ4n) is 3.39. The molecule has 0 radical (unpaired) electrons. The third-order valence-corrected chi connectivity index (χ3v) is 5.20. The van der Waals surface area contributed by atoms with Crippen LogP contribution in [0.3, 0.4) is 0 Å². The van der Waals surface area contributed by atoms with Crippen molar-refractivity contribution in [3.05, 3.63) is 52.7 Å². The van der Waals surface area contributed by atoms with Crippen LogP contribution < -0.4 is 9.80 Å². The molecule has 3 rings (SSSR count). The minimum absolute atomic E-state index is 0.0250. The first-order valence-corrected chi connectivity index (χ1v) is 9.75. The van der Waals surface area contributed by atoms with E-state index in [4.69, 9.17) is 11.6 Å². The smallest absolute Gasteiger partial charge is 0.255 e. The second-order valence-electron chi connectivity index (χ2n) is 7.30. The van der Waals surface area contributed by atoms with Crippen LogP contribution in [0.4, 0.5) is 11.5 Å². The highest BCUT2D eigenvalue weighted by atomic mass is 35.5. The highest BCUT2D eigenvalue weighted by Gasteiger charge is 2.20. The van der Waals surface area contributed by atoms with Gasteiger partial charge in [0.25, 0.3) is 5.91 Å². The Balaban J connectivity index is 1.73. The molecule has 0 unspecified atom stereocenters. The van der Waals surface area contributed by atoms with Crippen LogP contribution in [0.1, 0.15) is 35.2 Å². The molecule has 0 N–H and O–H groups in total. The maximum Gasteiger partial charge on any atom is 0.255 e. The lowest BCUT2D eigenvalue weighted by Crippen LogP contribution is -2.35. The summed E-state index contributed by atoms with van der Waals surface area (Å²) in [5.74, 6) is 0.708. The summed E-state index contributed by atoms with van der Waals surface area (Å²) in [5, 5.41) is 0.504. The molecule has 2 heterocycles. The molecule has 0 bridgehead atoms. The number of anilines is 2. The maximum atomic E-state index is 12.6. The van der Waals surface area contributed by atoms with E-state index in [1.807, 2.05) is 37.0 Å². The molecular weight excluding hydrogens is 360 g/mol. The minimum Gasteiger partial charge on any atom is -0.378 e. The van der Waals surface area contributed by atoms with Crippen molar-refractivity contribution in [1.29, 1.82) is 0 Å². The second kappa shape index (κ2) is 8.61. The molecule has 0 spiro atoms. The van der Waals surface area contributed by atoms with Crippen molar-refractivity contribution < 1.29 is 4.79 Å². The first kappa shape index (κ1) is 19.5. The van der Waals surface area contributed by atoms with Crippen molar-refractivity contribution >= 4 is 29.0 Å². The van der Waals surface area contributed by atoms with Gasteiger partial charge in [0.15, 0.2) is 0 Å². The molecule has 1 fully saturated rings. The molecule has 1 aromatic heterocycles. The van der Waals surface area contributed by atoms with E-state index in [1.54, 1.807) is 12.3 Å². The molecule has 1 aliphatic heterocycles. The van der Waals surface area contributed by atoms with Gasteiger partial charge in [-0.1, -0.05) is 23.7 Å². The number of aromatic nitrogens is 1. The first-order chi connectivity index (χ1) is 13.0. The van der Waals surface area contributed by atoms with Crippen LogP contribution in [0.5, 0.6) is 0 Å². The Labute approximate surface area is 166 Å². The monoisotopic (exact) mass is 386 g/mol. The highest BCUT2D eigenvalue weighted by molar-refractivity contribution is 6.33. The van der Waals surface area contributed by atoms with Crippen LogP contribution in [0, 0.1) is 0 Å². The number of nitrogens with zero attached hydrogens (tertiary/aromatic N) is 4. The molecule has 1 aliphatic rings. The number of carbonyl (C=O) groups is 1. The van der Waals surface area contributed by atoms with Gasteiger partial charge >= 0.3 is 0 Å². The Morgan fingerprint density at radius 1 is 1.15 bits per heavy atom. The first-order valence-electron chi connectivity index (χ1n) is 9.38. The fraction of sp³-hybridized carbons (Fsp3) is 0.429. The molecule has 2 aromatic rings. The molecule has 144 valence electrons. The van der Waals surface area contributed by atoms with Gasteiger partial charge in [0.1, 0.15) is 5.82 Å². The van der Waals surface area contributed by atoms with Gasteiger partial charge in [-0.2, -0.15) is 0 Å². The number of hydrogen-bond acceptors (Lipinski definition) is 4. The van der Waals surface area contributed by atoms with E-state index in [0.717, 1.165) is 31.6 Å². The molecule has 0 saturated carbocycles. The van der Waals surface area contributed by atoms with Crippen LogP contribution in [0.15, 0.2) is 36.5 Å². The largest absolute Gasteiger partial charge is 0.378 e. The van der Waals surface area contributed by atoms with Crippen molar-refractivity contribution in [2.75, 3.05) is 44.0 Å². The number of hydrogen-bond donors (Lipinski definition) is 0. The van der Waals surface area contributed by atoms with Gasteiger partial charge in [0.05, 0.1) is 10.6 Å². The van der Waals surface area contributed by atoms with Gasteiger partial charge in [-0.05, 0) is 43.0 Å². The average Bonchev–Trinajstić information content (AvgIpc) is 2.68. The van der Waals surface area contributed by atoms with Gasteiger partial charge in [-0.15, -0.1) is 0 Å². The Bertz CT molecular complexity index is 803. The van der Waals surface area contributed by atoms with Crippen molar-refractivity contribution in [2.24, 2.45) is 0 Å². The molecule has 5 nitrogen and oxygen atoms in total. The summed E-state index contributed by atoms with van der Waals surface area (Å²) in [7, 11) is 6.02. The van der Waals surface area contributed by atoms with E-state index < -0.39 is 0 Å². The van der Waals surface area contributed by atoms with Crippen molar-refractivity contribution in [2.45, 2.75) is 25.8 Å². The number of halogens is 1. The van der Waals surface area contributed by atoms with Gasteiger partial charge < -0.3 is 14.7 Å². The lowest BCUT2D eigenvalue weighted by molar-refractivity contribution is 0.0724. The summed E-state index contributed by atoms with van der Waals surface area (Å²) in [6, 6.07) is 10.1. The lowest BCUT2D eigenvalue weighted by atomic mass is 10.1. The molecule has 0 atom stereocenters. The van der Waals surface area contributed by atoms with Crippen LogP contribution in [0.25, 0.3) is 0 Å². The molecule has 0 aliphatic carbocycles. The minimum atomic E-state index is 0.0250. The summed E-state index contributed by atoms with van der Waals surface area (Å²) < 4.78 is 0. The summed E-state index contributed by atoms with van der Waals surface area (Å²) in [4.78, 5) is 23.1. The number of pyridine rings is 1. The van der Waals surface area contributed by atoms with Crippen LogP contribution >= 0.6 is 11.6 Å². The summed E-state index contributed by atoms with van der Waals surface area (Å²) >= 11 is 6.47. The number of carbonyl (C=O) groups excluding carboxylic acids is 1. The van der Waals surface area contributed by atoms with Crippen molar-refractivity contribution in [3.63, 3.8) is 0 Å². The summed E-state index contributed by atoms with van der Waals surface area (Å²) in [5.41, 5.74) is 2.89. The molecule has 1 aromatic carbocycles. The van der Waals surface area contributed by atoms with Crippen LogP contribution in [0.2, 0.25) is 5.02 Å². The SMILES string of the molecule is CN(C)c1cccc(CN(C)c2ncc(C(=O)N3CCCCC3)cc2Cl)c1. The Morgan fingerprint density at radius 2 is 1.89 bits per heavy atom. The molecule has 27 heavy (non-hydrogen) atoms. The van der Waals surface area contributed by atoms with E-state index in [9.17, 15) is 4.79 Å². The highest BCUT2D eigenvalue weighted by Crippen LogP contribution is 2.26. The van der Waals surface area contributed by atoms with Gasteiger partial charge in [-0.25, -0.2) is 4.98 Å². The predicted octanol–water partition coefficient (Wildman–Crippen LogP) is 4.06. The maximum absolute atomic E-state index is 12.6. The predicted molar refractivity (Wildman–Crippen MR) is 112 cm³/mol. The van der Waals surface area contributed by atoms with E-state index in [1.165, 1.54) is 12.0 Å². The topological polar surface area (TPSA) is 39.7 Å². The average molecular weight is 387 g/mol. The molecule has 6 heteroatoms. The number of amides is 1. The number of piperidine rings is 1. The van der Waals surface area contributed by atoms with Crippen molar-refractivity contribution in [3.8, 4) is 0 Å². The fourth-order valence-corrected chi connectivity index (χ4v) is 3.70. The Hall–Kier alpha value is -2.27. The normalized spacial score (nSPS) is 14.1. The third-order valence-electron chi connectivity index (χ3n) is 4.92. The van der Waals surface area contributed by atoms with E-state index >= 15 is 0 Å². The Kier molecular flexibility index (Phi) is 6.22. The number of benzene rings is 1. The summed E-state index contributed by atoms with van der Waals surface area (Å²) in [6.07, 6.45) is 4.98. The second-order valence-corrected chi connectivity index (χ2v) is 7.71. The van der Waals surface area contributed by atoms with Crippen molar-refractivity contribution in [1.82, 2.24) is 9.88 Å². The zero-order valence-corrected chi connectivity index (χ0v) is 17.0. The number of likely N-dealkylation sites (tertiary alicyclic amines) is 1. The lowest BCUT2D eigenvalue weighted by Gasteiger charge is -2.27. The molecule has 1 saturated heterocycles. The van der Waals surface area contributed by atoms with E-state index in [-0.39, 0.29) is 5.91 Å². The quantitative estimate of drug-likeness (QED) is 0.776. The van der Waals surface area contributed by atoms with Gasteiger partial charge in [-0.3, -0.25) is 4.79 Å². The zero-order valence-electron chi connectivity index (χ0n) is 16.3. The van der Waals surface area contributed by atoms with Gasteiger partial charge in [0.2, 0.25) is 0 Å². The molecular formula is C21H27ClN4O. The van der Waals surface area contributed by atoms with Crippen LogP contribution in [-0.2, 0) is 6.54 Å². The van der Waals surface area contributed by atoms with Crippen LogP contribution in [-0.4, -0.2) is 50.0 Å². The van der Waals surface area contributed by atoms with Gasteiger partial charge in [0, 0.05) is 52.7 Å². The zero-order chi connectivity index (χ0) is 19.4. The standard InChI is InChI=1S/C21H27ClN4O/c1-24(2)18-9-7-8-16(12-18)15-25(3)20-19(22)13-17(14-23-20)21(27)26-10-5-4-6-11-26/h7-9,12-14H,4-6,10-11,15H2,1-3H3.